The van der Waals surface area contributed by atoms with Gasteiger partial charge >= 0.3 is 0 Å². The molecule has 6 nitrogen and oxygen atoms in total. The zero-order chi connectivity index (χ0) is 29.2. The van der Waals surface area contributed by atoms with Crippen LogP contribution in [0.4, 0.5) is 11.4 Å². The number of aryl methyl sites for hydroxylation is 1. The molecule has 0 saturated heterocycles. The van der Waals surface area contributed by atoms with Crippen LogP contribution in [0.1, 0.15) is 34.8 Å². The van der Waals surface area contributed by atoms with Crippen LogP contribution in [-0.4, -0.2) is 23.0 Å². The number of carbonyl (C=O) groups excluding carboxylic acids is 3. The molecule has 0 saturated carbocycles. The minimum Gasteiger partial charge on any atom is -0.325 e. The smallest absolute Gasteiger partial charge is 0.272 e. The first-order valence-electron chi connectivity index (χ1n) is 13.1. The highest BCUT2D eigenvalue weighted by molar-refractivity contribution is 8.00. The fourth-order valence-electron chi connectivity index (χ4n) is 3.96. The van der Waals surface area contributed by atoms with Gasteiger partial charge in [-0.1, -0.05) is 72.6 Å². The van der Waals surface area contributed by atoms with E-state index in [4.69, 9.17) is 11.6 Å². The van der Waals surface area contributed by atoms with Gasteiger partial charge in [-0.2, -0.15) is 0 Å². The lowest BCUT2D eigenvalue weighted by molar-refractivity contribution is -0.116. The first-order chi connectivity index (χ1) is 19.8. The maximum absolute atomic E-state index is 13.4. The molecule has 3 amide bonds. The molecule has 4 aromatic rings. The molecule has 0 aliphatic heterocycles. The van der Waals surface area contributed by atoms with Crippen LogP contribution in [0.3, 0.4) is 0 Å². The van der Waals surface area contributed by atoms with Crippen molar-refractivity contribution in [2.75, 3.05) is 10.6 Å². The van der Waals surface area contributed by atoms with Crippen LogP contribution in [0.15, 0.2) is 114 Å². The number of anilines is 2. The molecule has 0 spiro atoms. The summed E-state index contributed by atoms with van der Waals surface area (Å²) in [4.78, 5) is 40.1. The molecular weight excluding hydrogens is 554 g/mol. The van der Waals surface area contributed by atoms with Crippen LogP contribution >= 0.6 is 23.4 Å². The van der Waals surface area contributed by atoms with Crippen molar-refractivity contribution in [1.29, 1.82) is 0 Å². The summed E-state index contributed by atoms with van der Waals surface area (Å²) in [5, 5.41) is 8.83. The Balaban J connectivity index is 1.49. The molecule has 208 valence electrons. The molecule has 8 heteroatoms. The van der Waals surface area contributed by atoms with E-state index in [0.717, 1.165) is 16.0 Å². The molecule has 4 aromatic carbocycles. The van der Waals surface area contributed by atoms with Crippen LogP contribution in [0.2, 0.25) is 5.02 Å². The summed E-state index contributed by atoms with van der Waals surface area (Å²) in [7, 11) is 0. The van der Waals surface area contributed by atoms with Crippen molar-refractivity contribution in [2.24, 2.45) is 0 Å². The molecule has 0 aliphatic carbocycles. The molecule has 0 bridgehead atoms. The van der Waals surface area contributed by atoms with E-state index < -0.39 is 5.91 Å². The number of rotatable bonds is 10. The lowest BCUT2D eigenvalue weighted by Crippen LogP contribution is -2.30. The monoisotopic (exact) mass is 583 g/mol. The van der Waals surface area contributed by atoms with E-state index >= 15 is 0 Å². The van der Waals surface area contributed by atoms with E-state index in [1.54, 1.807) is 60.7 Å². The summed E-state index contributed by atoms with van der Waals surface area (Å²) in [6.07, 6.45) is 2.26. The zero-order valence-corrected chi connectivity index (χ0v) is 24.3. The Bertz CT molecular complexity index is 1560. The van der Waals surface area contributed by atoms with Gasteiger partial charge < -0.3 is 16.0 Å². The molecule has 1 atom stereocenters. The molecule has 0 aliphatic rings. The molecule has 0 heterocycles. The predicted octanol–water partition coefficient (Wildman–Crippen LogP) is 7.57. The third kappa shape index (κ3) is 8.83. The van der Waals surface area contributed by atoms with Crippen molar-refractivity contribution in [3.8, 4) is 0 Å². The Morgan fingerprint density at radius 3 is 2.27 bits per heavy atom. The topological polar surface area (TPSA) is 87.3 Å². The van der Waals surface area contributed by atoms with Crippen molar-refractivity contribution < 1.29 is 14.4 Å². The Hall–Kier alpha value is -4.33. The summed E-state index contributed by atoms with van der Waals surface area (Å²) in [6.45, 7) is 3.91. The largest absolute Gasteiger partial charge is 0.325 e. The third-order valence-electron chi connectivity index (χ3n) is 6.03. The van der Waals surface area contributed by atoms with Gasteiger partial charge in [0, 0.05) is 26.9 Å². The minimum absolute atomic E-state index is 0.108. The number of carbonyl (C=O) groups is 3. The van der Waals surface area contributed by atoms with Crippen molar-refractivity contribution in [1.82, 2.24) is 5.32 Å². The average Bonchev–Trinajstić information content (AvgIpc) is 2.97. The highest BCUT2D eigenvalue weighted by Crippen LogP contribution is 2.29. The second kappa shape index (κ2) is 14.3. The van der Waals surface area contributed by atoms with E-state index in [2.05, 4.69) is 16.0 Å². The Morgan fingerprint density at radius 2 is 1.56 bits per heavy atom. The van der Waals surface area contributed by atoms with Crippen molar-refractivity contribution in [2.45, 2.75) is 30.4 Å². The van der Waals surface area contributed by atoms with Crippen LogP contribution < -0.4 is 16.0 Å². The summed E-state index contributed by atoms with van der Waals surface area (Å²) >= 11 is 7.35. The van der Waals surface area contributed by atoms with Crippen LogP contribution in [0, 0.1) is 6.92 Å². The number of benzene rings is 4. The number of thioether (sulfide) groups is 1. The molecule has 0 radical (unpaired) electrons. The number of nitrogens with one attached hydrogen (secondary N) is 3. The summed E-state index contributed by atoms with van der Waals surface area (Å²) in [5.74, 6) is -0.979. The second-order valence-electron chi connectivity index (χ2n) is 9.29. The standard InChI is InChI=1S/C33H30ClN3O3S/c1-3-30(33(40)35-26-17-15-25(34)16-18-26)41-28-14-8-13-27(21-28)36-32(39)29(20-23-10-7-9-22(2)19-23)37-31(38)24-11-5-4-6-12-24/h4-21,30H,3H2,1-2H3,(H,35,40)(H,36,39)(H,37,38)/b29-20+. The third-order valence-corrected chi connectivity index (χ3v) is 7.64. The highest BCUT2D eigenvalue weighted by Gasteiger charge is 2.19. The summed E-state index contributed by atoms with van der Waals surface area (Å²) in [6, 6.07) is 30.6. The van der Waals surface area contributed by atoms with Crippen molar-refractivity contribution >= 4 is 58.5 Å². The fraction of sp³-hybridized carbons (Fsp3) is 0.121. The highest BCUT2D eigenvalue weighted by atomic mass is 35.5. The van der Waals surface area contributed by atoms with E-state index in [9.17, 15) is 14.4 Å². The maximum atomic E-state index is 13.4. The number of hydrogen-bond donors (Lipinski definition) is 3. The van der Waals surface area contributed by atoms with Crippen LogP contribution in [-0.2, 0) is 9.59 Å². The maximum Gasteiger partial charge on any atom is 0.272 e. The molecule has 41 heavy (non-hydrogen) atoms. The van der Waals surface area contributed by atoms with E-state index in [1.807, 2.05) is 62.4 Å². The van der Waals surface area contributed by atoms with Gasteiger partial charge in [0.2, 0.25) is 5.91 Å². The molecule has 1 unspecified atom stereocenters. The number of hydrogen-bond acceptors (Lipinski definition) is 4. The minimum atomic E-state index is -0.467. The van der Waals surface area contributed by atoms with Gasteiger partial charge in [0.05, 0.1) is 5.25 Å². The molecule has 4 rings (SSSR count). The lowest BCUT2D eigenvalue weighted by atomic mass is 10.1. The Labute approximate surface area is 249 Å². The van der Waals surface area contributed by atoms with E-state index in [1.165, 1.54) is 11.8 Å². The molecule has 0 aromatic heterocycles. The van der Waals surface area contributed by atoms with Gasteiger partial charge in [0.15, 0.2) is 0 Å². The van der Waals surface area contributed by atoms with Crippen molar-refractivity contribution in [3.63, 3.8) is 0 Å². The van der Waals surface area contributed by atoms with Gasteiger partial charge in [0.25, 0.3) is 11.8 Å². The molecule has 0 fully saturated rings. The Kier molecular flexibility index (Phi) is 10.4. The number of halogens is 1. The Morgan fingerprint density at radius 1 is 0.829 bits per heavy atom. The first kappa shape index (κ1) is 29.6. The average molecular weight is 584 g/mol. The van der Waals surface area contributed by atoms with Gasteiger partial charge in [-0.05, 0) is 79.6 Å². The van der Waals surface area contributed by atoms with Crippen molar-refractivity contribution in [3.05, 3.63) is 131 Å². The molecular formula is C33H30ClN3O3S. The summed E-state index contributed by atoms with van der Waals surface area (Å²) in [5.41, 5.74) is 3.57. The molecule has 3 N–H and O–H groups in total. The summed E-state index contributed by atoms with van der Waals surface area (Å²) < 4.78 is 0. The fourth-order valence-corrected chi connectivity index (χ4v) is 5.10. The van der Waals surface area contributed by atoms with Gasteiger partial charge in [-0.25, -0.2) is 0 Å². The van der Waals surface area contributed by atoms with E-state index in [-0.39, 0.29) is 22.8 Å². The van der Waals surface area contributed by atoms with Gasteiger partial charge in [0.1, 0.15) is 5.70 Å². The first-order valence-corrected chi connectivity index (χ1v) is 14.4. The lowest BCUT2D eigenvalue weighted by Gasteiger charge is -2.16. The van der Waals surface area contributed by atoms with Crippen LogP contribution in [0.25, 0.3) is 6.08 Å². The second-order valence-corrected chi connectivity index (χ2v) is 11.0. The zero-order valence-electron chi connectivity index (χ0n) is 22.7. The van der Waals surface area contributed by atoms with Gasteiger partial charge in [-0.15, -0.1) is 11.8 Å². The SMILES string of the molecule is CCC(Sc1cccc(NC(=O)/C(=C\c2cccc(C)c2)NC(=O)c2ccccc2)c1)C(=O)Nc1ccc(Cl)cc1. The predicted molar refractivity (Wildman–Crippen MR) is 168 cm³/mol. The quantitative estimate of drug-likeness (QED) is 0.133. The van der Waals surface area contributed by atoms with Gasteiger partial charge in [-0.3, -0.25) is 14.4 Å². The van der Waals surface area contributed by atoms with E-state index in [0.29, 0.717) is 28.4 Å². The van der Waals surface area contributed by atoms with Crippen LogP contribution in [0.5, 0.6) is 0 Å². The normalized spacial score (nSPS) is 11.8. The number of amides is 3.